The van der Waals surface area contributed by atoms with E-state index in [1.807, 2.05) is 6.92 Å². The Bertz CT molecular complexity index is 905. The average molecular weight is 389 g/mol. The molecular weight excluding hydrogens is 366 g/mol. The lowest BCUT2D eigenvalue weighted by Gasteiger charge is -2.34. The first-order valence-electron chi connectivity index (χ1n) is 7.88. The molecule has 1 heterocycles. The van der Waals surface area contributed by atoms with Crippen LogP contribution in [0.4, 0.5) is 0 Å². The van der Waals surface area contributed by atoms with Crippen LogP contribution in [-0.2, 0) is 24.7 Å². The maximum Gasteiger partial charge on any atom is 0.307 e. The second-order valence-electron chi connectivity index (χ2n) is 6.86. The molecule has 2 atom stereocenters. The van der Waals surface area contributed by atoms with Gasteiger partial charge in [0.1, 0.15) is 0 Å². The Hall–Kier alpha value is -1.45. The van der Waals surface area contributed by atoms with Crippen molar-refractivity contribution in [1.82, 2.24) is 4.31 Å². The lowest BCUT2D eigenvalue weighted by molar-refractivity contribution is -0.143. The molecule has 7 nitrogen and oxygen atoms in total. The molecule has 0 spiro atoms. The lowest BCUT2D eigenvalue weighted by atomic mass is 9.92. The Morgan fingerprint density at radius 1 is 1.12 bits per heavy atom. The van der Waals surface area contributed by atoms with Gasteiger partial charge in [0, 0.05) is 19.3 Å². The summed E-state index contributed by atoms with van der Waals surface area (Å²) < 4.78 is 51.3. The van der Waals surface area contributed by atoms with Crippen molar-refractivity contribution in [2.24, 2.45) is 11.8 Å². The van der Waals surface area contributed by atoms with Crippen LogP contribution in [0.3, 0.4) is 0 Å². The number of aryl methyl sites for hydroxylation is 1. The van der Waals surface area contributed by atoms with Gasteiger partial charge in [-0.2, -0.15) is 4.31 Å². The molecule has 0 amide bonds. The number of carbonyl (C=O) groups is 1. The molecule has 9 heteroatoms. The number of piperidine rings is 1. The van der Waals surface area contributed by atoms with Gasteiger partial charge in [-0.25, -0.2) is 16.8 Å². The quantitative estimate of drug-likeness (QED) is 0.834. The predicted octanol–water partition coefficient (Wildman–Crippen LogP) is 1.44. The number of sulfone groups is 1. The number of carboxylic acid groups (broad SMARTS) is 1. The molecule has 0 saturated carbocycles. The van der Waals surface area contributed by atoms with E-state index in [0.29, 0.717) is 12.0 Å². The molecule has 2 rings (SSSR count). The molecule has 1 N–H and O–H groups in total. The third-order valence-electron chi connectivity index (χ3n) is 4.45. The van der Waals surface area contributed by atoms with Crippen LogP contribution in [-0.4, -0.2) is 51.6 Å². The first-order chi connectivity index (χ1) is 11.3. The number of hydrogen-bond donors (Lipinski definition) is 1. The van der Waals surface area contributed by atoms with Crippen molar-refractivity contribution < 1.29 is 26.7 Å². The Kier molecular flexibility index (Phi) is 5.32. The van der Waals surface area contributed by atoms with Crippen LogP contribution in [0.5, 0.6) is 0 Å². The second-order valence-corrected chi connectivity index (χ2v) is 10.7. The largest absolute Gasteiger partial charge is 0.481 e. The van der Waals surface area contributed by atoms with Gasteiger partial charge in [0.15, 0.2) is 9.84 Å². The highest BCUT2D eigenvalue weighted by Crippen LogP contribution is 2.31. The summed E-state index contributed by atoms with van der Waals surface area (Å²) in [6.07, 6.45) is 1.46. The fourth-order valence-electron chi connectivity index (χ4n) is 3.26. The average Bonchev–Trinajstić information content (AvgIpc) is 2.47. The van der Waals surface area contributed by atoms with Gasteiger partial charge < -0.3 is 5.11 Å². The SMILES string of the molecule is Cc1cc(S(C)(=O)=O)c(C)c(S(=O)(=O)N2CC(C)CC(C(=O)O)C2)c1. The molecule has 1 saturated heterocycles. The highest BCUT2D eigenvalue weighted by atomic mass is 32.2. The topological polar surface area (TPSA) is 109 Å². The molecule has 25 heavy (non-hydrogen) atoms. The van der Waals surface area contributed by atoms with E-state index in [0.717, 1.165) is 10.6 Å². The smallest absolute Gasteiger partial charge is 0.307 e. The predicted molar refractivity (Wildman–Crippen MR) is 92.7 cm³/mol. The molecule has 1 aliphatic rings. The second kappa shape index (κ2) is 6.69. The lowest BCUT2D eigenvalue weighted by Crippen LogP contribution is -2.45. The summed E-state index contributed by atoms with van der Waals surface area (Å²) in [4.78, 5) is 11.2. The monoisotopic (exact) mass is 389 g/mol. The van der Waals surface area contributed by atoms with Gasteiger partial charge in [0.2, 0.25) is 10.0 Å². The molecule has 1 fully saturated rings. The van der Waals surface area contributed by atoms with E-state index in [2.05, 4.69) is 0 Å². The first-order valence-corrected chi connectivity index (χ1v) is 11.2. The molecule has 1 aromatic carbocycles. The van der Waals surface area contributed by atoms with Gasteiger partial charge in [-0.05, 0) is 49.4 Å². The van der Waals surface area contributed by atoms with E-state index in [9.17, 15) is 26.7 Å². The number of hydrogen-bond acceptors (Lipinski definition) is 5. The zero-order valence-electron chi connectivity index (χ0n) is 14.7. The summed E-state index contributed by atoms with van der Waals surface area (Å²) in [5.41, 5.74) is 0.683. The van der Waals surface area contributed by atoms with Gasteiger partial charge >= 0.3 is 5.97 Å². The highest BCUT2D eigenvalue weighted by Gasteiger charge is 2.37. The van der Waals surface area contributed by atoms with Gasteiger partial charge in [-0.15, -0.1) is 0 Å². The van der Waals surface area contributed by atoms with Gasteiger partial charge in [-0.3, -0.25) is 4.79 Å². The number of rotatable bonds is 4. The maximum atomic E-state index is 13.1. The van der Waals surface area contributed by atoms with E-state index >= 15 is 0 Å². The number of carboxylic acids is 1. The molecule has 0 aromatic heterocycles. The van der Waals surface area contributed by atoms with E-state index in [-0.39, 0.29) is 34.4 Å². The zero-order chi connectivity index (χ0) is 19.2. The van der Waals surface area contributed by atoms with Crippen LogP contribution in [0, 0.1) is 25.7 Å². The third kappa shape index (κ3) is 4.04. The molecular formula is C16H23NO6S2. The van der Waals surface area contributed by atoms with Crippen LogP contribution in [0.25, 0.3) is 0 Å². The summed E-state index contributed by atoms with van der Waals surface area (Å²) in [6.45, 7) is 5.01. The standard InChI is InChI=1S/C16H23NO6S2/c1-10-6-14(24(4,20)21)12(3)15(7-10)25(22,23)17-8-11(2)5-13(9-17)16(18)19/h6-7,11,13H,5,8-9H2,1-4H3,(H,18,19). The molecule has 140 valence electrons. The highest BCUT2D eigenvalue weighted by molar-refractivity contribution is 7.91. The number of aliphatic carboxylic acids is 1. The Labute approximate surface area is 148 Å². The van der Waals surface area contributed by atoms with Gasteiger partial charge in [0.25, 0.3) is 0 Å². The summed E-state index contributed by atoms with van der Waals surface area (Å²) in [5, 5.41) is 9.26. The molecule has 0 radical (unpaired) electrons. The Morgan fingerprint density at radius 2 is 1.68 bits per heavy atom. The maximum absolute atomic E-state index is 13.1. The van der Waals surface area contributed by atoms with Crippen molar-refractivity contribution in [1.29, 1.82) is 0 Å². The molecule has 0 bridgehead atoms. The number of nitrogens with zero attached hydrogens (tertiary/aromatic N) is 1. The van der Waals surface area contributed by atoms with Crippen LogP contribution in [0.1, 0.15) is 24.5 Å². The van der Waals surface area contributed by atoms with Crippen LogP contribution >= 0.6 is 0 Å². The van der Waals surface area contributed by atoms with Gasteiger partial charge in [-0.1, -0.05) is 6.92 Å². The molecule has 2 unspecified atom stereocenters. The summed E-state index contributed by atoms with van der Waals surface area (Å²) in [6, 6.07) is 2.89. The van der Waals surface area contributed by atoms with Crippen LogP contribution in [0.15, 0.2) is 21.9 Å². The van der Waals surface area contributed by atoms with E-state index < -0.39 is 31.7 Å². The van der Waals surface area contributed by atoms with Crippen molar-refractivity contribution in [2.45, 2.75) is 37.0 Å². The fraction of sp³-hybridized carbons (Fsp3) is 0.562. The number of sulfonamides is 1. The minimum atomic E-state index is -3.99. The van der Waals surface area contributed by atoms with Crippen molar-refractivity contribution in [3.63, 3.8) is 0 Å². The van der Waals surface area contributed by atoms with Crippen molar-refractivity contribution in [3.05, 3.63) is 23.3 Å². The summed E-state index contributed by atoms with van der Waals surface area (Å²) in [5.74, 6) is -1.88. The zero-order valence-corrected chi connectivity index (χ0v) is 16.3. The Morgan fingerprint density at radius 3 is 2.20 bits per heavy atom. The summed E-state index contributed by atoms with van der Waals surface area (Å²) >= 11 is 0. The van der Waals surface area contributed by atoms with Crippen molar-refractivity contribution in [3.8, 4) is 0 Å². The number of benzene rings is 1. The minimum Gasteiger partial charge on any atom is -0.481 e. The third-order valence-corrected chi connectivity index (χ3v) is 7.63. The Balaban J connectivity index is 2.57. The van der Waals surface area contributed by atoms with E-state index in [4.69, 9.17) is 0 Å². The van der Waals surface area contributed by atoms with E-state index in [1.165, 1.54) is 19.1 Å². The van der Waals surface area contributed by atoms with E-state index in [1.54, 1.807) is 6.92 Å². The van der Waals surface area contributed by atoms with Crippen LogP contribution < -0.4 is 0 Å². The van der Waals surface area contributed by atoms with Crippen LogP contribution in [0.2, 0.25) is 0 Å². The normalized spacial score (nSPS) is 22.7. The summed E-state index contributed by atoms with van der Waals surface area (Å²) in [7, 11) is -7.57. The van der Waals surface area contributed by atoms with Gasteiger partial charge in [0.05, 0.1) is 15.7 Å². The molecule has 1 aromatic rings. The van der Waals surface area contributed by atoms with Crippen molar-refractivity contribution in [2.75, 3.05) is 19.3 Å². The molecule has 1 aliphatic heterocycles. The minimum absolute atomic E-state index is 0.0223. The molecule has 0 aliphatic carbocycles. The van der Waals surface area contributed by atoms with Crippen molar-refractivity contribution >= 4 is 25.8 Å². The first kappa shape index (κ1) is 19.9. The fourth-order valence-corrected chi connectivity index (χ4v) is 6.33.